The number of sulfone groups is 1. The number of benzene rings is 1. The fourth-order valence-corrected chi connectivity index (χ4v) is 3.22. The van der Waals surface area contributed by atoms with Crippen LogP contribution in [0.5, 0.6) is 5.75 Å². The predicted octanol–water partition coefficient (Wildman–Crippen LogP) is 0.903. The van der Waals surface area contributed by atoms with Crippen LogP contribution in [-0.4, -0.2) is 25.2 Å². The van der Waals surface area contributed by atoms with E-state index in [0.717, 1.165) is 0 Å². The van der Waals surface area contributed by atoms with Crippen molar-refractivity contribution in [3.8, 4) is 5.75 Å². The standard InChI is InChI=1S/C10H10O4S/c11-4-3-9-5-7-1-2-8(12)6-10(7)15(9,13)14/h1-2,5-6,11-12H,3-4H2. The van der Waals surface area contributed by atoms with Gasteiger partial charge in [-0.15, -0.1) is 0 Å². The van der Waals surface area contributed by atoms with Crippen molar-refractivity contribution < 1.29 is 18.6 Å². The van der Waals surface area contributed by atoms with E-state index < -0.39 is 9.84 Å². The fourth-order valence-electron chi connectivity index (χ4n) is 1.58. The molecule has 2 N–H and O–H groups in total. The molecule has 0 saturated heterocycles. The lowest BCUT2D eigenvalue weighted by Gasteiger charge is -2.01. The number of hydrogen-bond donors (Lipinski definition) is 2. The normalized spacial score (nSPS) is 17.3. The quantitative estimate of drug-likeness (QED) is 0.785. The molecule has 0 atom stereocenters. The Kier molecular flexibility index (Phi) is 2.28. The first-order chi connectivity index (χ1) is 7.05. The van der Waals surface area contributed by atoms with Crippen LogP contribution in [0.15, 0.2) is 28.0 Å². The van der Waals surface area contributed by atoms with Gasteiger partial charge in [-0.3, -0.25) is 0 Å². The Hall–Kier alpha value is -1.33. The van der Waals surface area contributed by atoms with Crippen molar-refractivity contribution >= 4 is 15.9 Å². The average Bonchev–Trinajstić information content (AvgIpc) is 2.41. The summed E-state index contributed by atoms with van der Waals surface area (Å²) < 4.78 is 23.7. The van der Waals surface area contributed by atoms with Gasteiger partial charge in [0.05, 0.1) is 9.80 Å². The van der Waals surface area contributed by atoms with E-state index in [4.69, 9.17) is 5.11 Å². The highest BCUT2D eigenvalue weighted by atomic mass is 32.2. The first-order valence-electron chi connectivity index (χ1n) is 4.45. The molecular weight excluding hydrogens is 216 g/mol. The summed E-state index contributed by atoms with van der Waals surface area (Å²) in [5.74, 6) is -0.0732. The number of hydrogen-bond acceptors (Lipinski definition) is 4. The molecule has 2 rings (SSSR count). The number of aliphatic hydroxyl groups excluding tert-OH is 1. The Balaban J connectivity index is 2.58. The lowest BCUT2D eigenvalue weighted by molar-refractivity contribution is 0.301. The van der Waals surface area contributed by atoms with E-state index in [0.29, 0.717) is 5.56 Å². The number of phenolic OH excluding ortho intramolecular Hbond substituents is 1. The van der Waals surface area contributed by atoms with Crippen molar-refractivity contribution in [2.24, 2.45) is 0 Å². The Labute approximate surface area is 87.4 Å². The molecule has 4 nitrogen and oxygen atoms in total. The van der Waals surface area contributed by atoms with Gasteiger partial charge in [0.15, 0.2) is 0 Å². The molecule has 1 aliphatic heterocycles. The SMILES string of the molecule is O=S1(=O)C(CCO)=Cc2ccc(O)cc21. The molecule has 1 heterocycles. The monoisotopic (exact) mass is 226 g/mol. The van der Waals surface area contributed by atoms with Gasteiger partial charge in [-0.1, -0.05) is 0 Å². The van der Waals surface area contributed by atoms with Crippen molar-refractivity contribution in [2.45, 2.75) is 11.3 Å². The van der Waals surface area contributed by atoms with E-state index in [9.17, 15) is 13.5 Å². The summed E-state index contributed by atoms with van der Waals surface area (Å²) in [4.78, 5) is 0.316. The smallest absolute Gasteiger partial charge is 0.203 e. The van der Waals surface area contributed by atoms with Crippen molar-refractivity contribution in [2.75, 3.05) is 6.61 Å². The van der Waals surface area contributed by atoms with E-state index in [-0.39, 0.29) is 28.6 Å². The number of aromatic hydroxyl groups is 1. The summed E-state index contributed by atoms with van der Waals surface area (Å²) in [6.07, 6.45) is 1.64. The Bertz CT molecular complexity index is 528. The molecule has 5 heteroatoms. The van der Waals surface area contributed by atoms with E-state index in [2.05, 4.69) is 0 Å². The van der Waals surface area contributed by atoms with Gasteiger partial charge >= 0.3 is 0 Å². The van der Waals surface area contributed by atoms with Gasteiger partial charge in [-0.2, -0.15) is 0 Å². The van der Waals surface area contributed by atoms with E-state index in [1.165, 1.54) is 18.2 Å². The van der Waals surface area contributed by atoms with Crippen LogP contribution in [0.2, 0.25) is 0 Å². The van der Waals surface area contributed by atoms with Crippen LogP contribution in [0, 0.1) is 0 Å². The maximum Gasteiger partial charge on any atom is 0.203 e. The molecular formula is C10H10O4S. The van der Waals surface area contributed by atoms with Crippen LogP contribution >= 0.6 is 0 Å². The van der Waals surface area contributed by atoms with Crippen LogP contribution in [0.25, 0.3) is 6.08 Å². The molecule has 1 aromatic rings. The molecule has 1 aromatic carbocycles. The maximum absolute atomic E-state index is 11.8. The summed E-state index contributed by atoms with van der Waals surface area (Å²) in [6.45, 7) is -0.203. The van der Waals surface area contributed by atoms with Crippen molar-refractivity contribution in [1.29, 1.82) is 0 Å². The summed E-state index contributed by atoms with van der Waals surface area (Å²) in [5, 5.41) is 17.9. The first kappa shape index (κ1) is 10.2. The molecule has 80 valence electrons. The van der Waals surface area contributed by atoms with Crippen molar-refractivity contribution in [3.05, 3.63) is 28.7 Å². The second-order valence-electron chi connectivity index (χ2n) is 3.31. The number of fused-ring (bicyclic) bond motifs is 1. The molecule has 0 amide bonds. The Morgan fingerprint density at radius 2 is 2.00 bits per heavy atom. The highest BCUT2D eigenvalue weighted by molar-refractivity contribution is 7.95. The van der Waals surface area contributed by atoms with Gasteiger partial charge in [-0.25, -0.2) is 8.42 Å². The summed E-state index contributed by atoms with van der Waals surface area (Å²) in [7, 11) is -3.49. The highest BCUT2D eigenvalue weighted by Crippen LogP contribution is 2.35. The van der Waals surface area contributed by atoms with Gasteiger partial charge in [0, 0.05) is 13.0 Å². The van der Waals surface area contributed by atoms with Gasteiger partial charge in [-0.05, 0) is 29.8 Å². The van der Waals surface area contributed by atoms with Crippen LogP contribution in [0.3, 0.4) is 0 Å². The summed E-state index contributed by atoms with van der Waals surface area (Å²) in [5.41, 5.74) is 0.566. The molecule has 0 bridgehead atoms. The summed E-state index contributed by atoms with van der Waals surface area (Å²) in [6, 6.07) is 4.21. The molecule has 0 aliphatic carbocycles. The first-order valence-corrected chi connectivity index (χ1v) is 5.93. The minimum absolute atomic E-state index is 0.0732. The number of phenols is 1. The largest absolute Gasteiger partial charge is 0.508 e. The van der Waals surface area contributed by atoms with E-state index in [1.807, 2.05) is 0 Å². The zero-order valence-corrected chi connectivity index (χ0v) is 8.66. The van der Waals surface area contributed by atoms with Crippen LogP contribution in [0.4, 0.5) is 0 Å². The van der Waals surface area contributed by atoms with Crippen molar-refractivity contribution in [3.63, 3.8) is 0 Å². The van der Waals surface area contributed by atoms with Gasteiger partial charge < -0.3 is 10.2 Å². The van der Waals surface area contributed by atoms with Gasteiger partial charge in [0.1, 0.15) is 5.75 Å². The molecule has 0 unspecified atom stereocenters. The predicted molar refractivity (Wildman–Crippen MR) is 55.0 cm³/mol. The lowest BCUT2D eigenvalue weighted by Crippen LogP contribution is -2.02. The molecule has 0 radical (unpaired) electrons. The molecule has 0 spiro atoms. The minimum Gasteiger partial charge on any atom is -0.508 e. The third-order valence-corrected chi connectivity index (χ3v) is 4.25. The maximum atomic E-state index is 11.8. The fraction of sp³-hybridized carbons (Fsp3) is 0.200. The topological polar surface area (TPSA) is 74.6 Å². The molecule has 0 saturated carbocycles. The van der Waals surface area contributed by atoms with Crippen LogP contribution in [-0.2, 0) is 9.84 Å². The van der Waals surface area contributed by atoms with Crippen LogP contribution in [0.1, 0.15) is 12.0 Å². The van der Waals surface area contributed by atoms with Crippen molar-refractivity contribution in [1.82, 2.24) is 0 Å². The Morgan fingerprint density at radius 1 is 1.27 bits per heavy atom. The zero-order chi connectivity index (χ0) is 11.1. The average molecular weight is 226 g/mol. The second-order valence-corrected chi connectivity index (χ2v) is 5.28. The lowest BCUT2D eigenvalue weighted by atomic mass is 10.2. The minimum atomic E-state index is -3.49. The third-order valence-electron chi connectivity index (χ3n) is 2.31. The highest BCUT2D eigenvalue weighted by Gasteiger charge is 2.29. The molecule has 15 heavy (non-hydrogen) atoms. The van der Waals surface area contributed by atoms with Gasteiger partial charge in [0.2, 0.25) is 9.84 Å². The molecule has 1 aliphatic rings. The third kappa shape index (κ3) is 1.53. The Morgan fingerprint density at radius 3 is 2.67 bits per heavy atom. The van der Waals surface area contributed by atoms with Gasteiger partial charge in [0.25, 0.3) is 0 Å². The second kappa shape index (κ2) is 3.36. The zero-order valence-electron chi connectivity index (χ0n) is 7.84. The number of aliphatic hydroxyl groups is 1. The van der Waals surface area contributed by atoms with E-state index >= 15 is 0 Å². The molecule has 0 fully saturated rings. The summed E-state index contributed by atoms with van der Waals surface area (Å²) >= 11 is 0. The van der Waals surface area contributed by atoms with E-state index in [1.54, 1.807) is 6.07 Å². The molecule has 0 aromatic heterocycles. The number of rotatable bonds is 2. The van der Waals surface area contributed by atoms with Crippen LogP contribution < -0.4 is 0 Å².